The van der Waals surface area contributed by atoms with E-state index in [1.807, 2.05) is 60.9 Å². The number of phenolic OH excluding ortho intramolecular Hbond substituents is 1. The van der Waals surface area contributed by atoms with Crippen molar-refractivity contribution < 1.29 is 9.84 Å². The van der Waals surface area contributed by atoms with Crippen molar-refractivity contribution in [3.05, 3.63) is 101 Å². The Balaban J connectivity index is 1.72. The highest BCUT2D eigenvalue weighted by molar-refractivity contribution is 7.80. The molecule has 0 bridgehead atoms. The molecule has 0 radical (unpaired) electrons. The topological polar surface area (TPSA) is 62.5 Å². The maximum absolute atomic E-state index is 10.6. The van der Waals surface area contributed by atoms with Crippen molar-refractivity contribution in [1.29, 1.82) is 0 Å². The first kappa shape index (κ1) is 23.2. The van der Waals surface area contributed by atoms with Gasteiger partial charge in [-0.05, 0) is 80.2 Å². The van der Waals surface area contributed by atoms with E-state index in [-0.39, 0.29) is 17.8 Å². The first-order chi connectivity index (χ1) is 16.9. The van der Waals surface area contributed by atoms with Crippen LogP contribution in [0.25, 0.3) is 5.69 Å². The van der Waals surface area contributed by atoms with E-state index in [9.17, 15) is 5.11 Å². The first-order valence-corrected chi connectivity index (χ1v) is 12.0. The molecule has 0 unspecified atom stereocenters. The Hall–Kier alpha value is -3.55. The number of phenols is 1. The summed E-state index contributed by atoms with van der Waals surface area (Å²) in [7, 11) is 1.66. The molecule has 35 heavy (non-hydrogen) atoms. The molecule has 5 rings (SSSR count). The average Bonchev–Trinajstić information content (AvgIpc) is 3.36. The van der Waals surface area contributed by atoms with Crippen molar-refractivity contribution >= 4 is 34.6 Å². The van der Waals surface area contributed by atoms with Crippen LogP contribution in [0.4, 0.5) is 5.69 Å². The molecule has 178 valence electrons. The van der Waals surface area contributed by atoms with Crippen LogP contribution in [0.2, 0.25) is 5.02 Å². The molecular weight excluding hydrogens is 480 g/mol. The highest BCUT2D eigenvalue weighted by atomic mass is 35.5. The number of benzene rings is 2. The fourth-order valence-corrected chi connectivity index (χ4v) is 5.40. The van der Waals surface area contributed by atoms with Crippen molar-refractivity contribution in [2.24, 2.45) is 0 Å². The maximum atomic E-state index is 10.6. The summed E-state index contributed by atoms with van der Waals surface area (Å²) in [6, 6.07) is 20.5. The van der Waals surface area contributed by atoms with Gasteiger partial charge >= 0.3 is 0 Å². The van der Waals surface area contributed by atoms with Crippen molar-refractivity contribution in [1.82, 2.24) is 14.9 Å². The van der Waals surface area contributed by atoms with Crippen LogP contribution in [-0.4, -0.2) is 26.9 Å². The van der Waals surface area contributed by atoms with E-state index in [1.165, 1.54) is 0 Å². The van der Waals surface area contributed by atoms with Gasteiger partial charge in [-0.3, -0.25) is 4.98 Å². The minimum atomic E-state index is -0.213. The van der Waals surface area contributed by atoms with Crippen LogP contribution in [0.15, 0.2) is 72.9 Å². The fraction of sp³-hybridized carbons (Fsp3) is 0.185. The molecule has 1 aliphatic rings. The second kappa shape index (κ2) is 9.24. The minimum absolute atomic E-state index is 0.158. The molecule has 3 heterocycles. The number of para-hydroxylation sites is 2. The number of hydrogen-bond acceptors (Lipinski definition) is 4. The second-order valence-corrected chi connectivity index (χ2v) is 9.29. The Morgan fingerprint density at radius 3 is 2.54 bits per heavy atom. The second-order valence-electron chi connectivity index (χ2n) is 8.46. The zero-order valence-electron chi connectivity index (χ0n) is 19.6. The molecule has 0 amide bonds. The number of rotatable bonds is 5. The zero-order valence-corrected chi connectivity index (χ0v) is 21.1. The van der Waals surface area contributed by atoms with Crippen LogP contribution in [0.1, 0.15) is 34.7 Å². The van der Waals surface area contributed by atoms with Gasteiger partial charge in [-0.15, -0.1) is 0 Å². The number of aryl methyl sites for hydroxylation is 1. The molecular formula is C27H25ClN4O2S. The third-order valence-corrected chi connectivity index (χ3v) is 6.96. The summed E-state index contributed by atoms with van der Waals surface area (Å²) in [6.45, 7) is 4.06. The molecule has 1 fully saturated rings. The van der Waals surface area contributed by atoms with E-state index in [0.29, 0.717) is 15.8 Å². The molecule has 2 aromatic carbocycles. The van der Waals surface area contributed by atoms with Gasteiger partial charge in [0.2, 0.25) is 0 Å². The Morgan fingerprint density at radius 2 is 1.80 bits per heavy atom. The molecule has 8 heteroatoms. The Kier molecular flexibility index (Phi) is 6.13. The number of hydrogen-bond donors (Lipinski definition) is 2. The smallest absolute Gasteiger partial charge is 0.174 e. The number of pyridine rings is 1. The summed E-state index contributed by atoms with van der Waals surface area (Å²) < 4.78 is 7.71. The summed E-state index contributed by atoms with van der Waals surface area (Å²) in [5.41, 5.74) is 5.37. The fourth-order valence-electron chi connectivity index (χ4n) is 4.89. The Labute approximate surface area is 214 Å². The van der Waals surface area contributed by atoms with Gasteiger partial charge in [0.1, 0.15) is 11.5 Å². The third kappa shape index (κ3) is 4.00. The van der Waals surface area contributed by atoms with Crippen LogP contribution >= 0.6 is 23.8 Å². The first-order valence-electron chi connectivity index (χ1n) is 11.2. The number of thiocarbonyl (C=S) groups is 1. The lowest BCUT2D eigenvalue weighted by Gasteiger charge is -2.29. The molecule has 0 aliphatic carbocycles. The van der Waals surface area contributed by atoms with E-state index in [1.54, 1.807) is 31.5 Å². The third-order valence-electron chi connectivity index (χ3n) is 6.41. The number of anilines is 1. The highest BCUT2D eigenvalue weighted by Crippen LogP contribution is 2.46. The molecule has 2 N–H and O–H groups in total. The van der Waals surface area contributed by atoms with Crippen molar-refractivity contribution in [2.75, 3.05) is 12.0 Å². The Morgan fingerprint density at radius 1 is 1.03 bits per heavy atom. The zero-order chi connectivity index (χ0) is 24.7. The van der Waals surface area contributed by atoms with Gasteiger partial charge < -0.3 is 24.6 Å². The van der Waals surface area contributed by atoms with Crippen molar-refractivity contribution in [3.63, 3.8) is 0 Å². The van der Waals surface area contributed by atoms with E-state index in [0.717, 1.165) is 34.1 Å². The molecule has 0 spiro atoms. The standard InChI is InChI=1S/C27H25ClN4O2S/c1-16-14-19(17(2)31(16)22-15-18(28)11-12-23(22)33)26-25(20-8-6-7-13-29-20)30-27(35)32(26)21-9-4-5-10-24(21)34-3/h4-15,25-26,33H,1-3H3,(H,30,35)/t25-,26+/m1/s1. The molecule has 1 saturated heterocycles. The lowest BCUT2D eigenvalue weighted by Crippen LogP contribution is -2.30. The quantitative estimate of drug-likeness (QED) is 0.323. The number of ether oxygens (including phenoxy) is 1. The predicted octanol–water partition coefficient (Wildman–Crippen LogP) is 6.03. The van der Waals surface area contributed by atoms with Gasteiger partial charge in [-0.25, -0.2) is 0 Å². The van der Waals surface area contributed by atoms with Crippen LogP contribution in [0.5, 0.6) is 11.5 Å². The summed E-state index contributed by atoms with van der Waals surface area (Å²) in [5, 5.41) is 15.3. The summed E-state index contributed by atoms with van der Waals surface area (Å²) >= 11 is 12.1. The van der Waals surface area contributed by atoms with Gasteiger partial charge in [0.05, 0.1) is 36.3 Å². The van der Waals surface area contributed by atoms with Crippen LogP contribution in [0.3, 0.4) is 0 Å². The van der Waals surface area contributed by atoms with Gasteiger partial charge in [-0.1, -0.05) is 29.8 Å². The van der Waals surface area contributed by atoms with E-state index < -0.39 is 0 Å². The SMILES string of the molecule is COc1ccccc1N1C(=S)N[C@H](c2ccccn2)[C@@H]1c1cc(C)n(-c2cc(Cl)ccc2O)c1C. The van der Waals surface area contributed by atoms with Crippen LogP contribution in [0, 0.1) is 13.8 Å². The molecule has 2 atom stereocenters. The predicted molar refractivity (Wildman–Crippen MR) is 143 cm³/mol. The van der Waals surface area contributed by atoms with Gasteiger partial charge in [0, 0.05) is 22.6 Å². The van der Waals surface area contributed by atoms with E-state index in [4.69, 9.17) is 28.6 Å². The van der Waals surface area contributed by atoms with Gasteiger partial charge in [-0.2, -0.15) is 0 Å². The van der Waals surface area contributed by atoms with Gasteiger partial charge in [0.25, 0.3) is 0 Å². The maximum Gasteiger partial charge on any atom is 0.174 e. The lowest BCUT2D eigenvalue weighted by atomic mass is 9.96. The van der Waals surface area contributed by atoms with E-state index >= 15 is 0 Å². The molecule has 0 saturated carbocycles. The van der Waals surface area contributed by atoms with Crippen molar-refractivity contribution in [2.45, 2.75) is 25.9 Å². The number of nitrogens with zero attached hydrogens (tertiary/aromatic N) is 3. The molecule has 1 aliphatic heterocycles. The molecule has 6 nitrogen and oxygen atoms in total. The van der Waals surface area contributed by atoms with E-state index in [2.05, 4.69) is 21.3 Å². The Bertz CT molecular complexity index is 1410. The number of aromatic nitrogens is 2. The summed E-state index contributed by atoms with van der Waals surface area (Å²) in [5.74, 6) is 0.885. The van der Waals surface area contributed by atoms with Crippen LogP contribution in [-0.2, 0) is 0 Å². The average molecular weight is 505 g/mol. The van der Waals surface area contributed by atoms with Crippen molar-refractivity contribution in [3.8, 4) is 17.2 Å². The molecule has 2 aromatic heterocycles. The highest BCUT2D eigenvalue weighted by Gasteiger charge is 2.43. The van der Waals surface area contributed by atoms with Gasteiger partial charge in [0.15, 0.2) is 5.11 Å². The minimum Gasteiger partial charge on any atom is -0.506 e. The summed E-state index contributed by atoms with van der Waals surface area (Å²) in [4.78, 5) is 6.73. The number of halogens is 1. The number of nitrogens with one attached hydrogen (secondary N) is 1. The largest absolute Gasteiger partial charge is 0.506 e. The van der Waals surface area contributed by atoms with Crippen LogP contribution < -0.4 is 15.0 Å². The number of aromatic hydroxyl groups is 1. The monoisotopic (exact) mass is 504 g/mol. The molecule has 4 aromatic rings. The summed E-state index contributed by atoms with van der Waals surface area (Å²) in [6.07, 6.45) is 1.79. The lowest BCUT2D eigenvalue weighted by molar-refractivity contribution is 0.414. The normalized spacial score (nSPS) is 17.5. The number of methoxy groups -OCH3 is 1.